The van der Waals surface area contributed by atoms with E-state index in [1.165, 1.54) is 18.2 Å². The number of furan rings is 1. The molecule has 0 aliphatic heterocycles. The minimum atomic E-state index is -3.00. The van der Waals surface area contributed by atoms with Gasteiger partial charge in [0.15, 0.2) is 11.0 Å². The summed E-state index contributed by atoms with van der Waals surface area (Å²) in [6.07, 6.45) is 1.57. The Kier molecular flexibility index (Phi) is 7.26. The van der Waals surface area contributed by atoms with Crippen LogP contribution in [0.15, 0.2) is 76.5 Å². The second-order valence-electron chi connectivity index (χ2n) is 6.69. The van der Waals surface area contributed by atoms with Crippen molar-refractivity contribution in [3.63, 3.8) is 0 Å². The van der Waals surface area contributed by atoms with E-state index in [1.807, 2.05) is 22.8 Å². The van der Waals surface area contributed by atoms with E-state index in [-0.39, 0.29) is 17.2 Å². The summed E-state index contributed by atoms with van der Waals surface area (Å²) in [5.74, 6) is 0.721. The highest BCUT2D eigenvalue weighted by Crippen LogP contribution is 2.28. The molecule has 4 rings (SSSR count). The van der Waals surface area contributed by atoms with E-state index in [0.717, 1.165) is 17.3 Å². The van der Waals surface area contributed by atoms with Crippen molar-refractivity contribution >= 4 is 35.0 Å². The van der Waals surface area contributed by atoms with Crippen LogP contribution in [0.2, 0.25) is 5.02 Å². The monoisotopic (exact) mass is 490 g/mol. The number of hydrogen-bond donors (Lipinski definition) is 1. The smallest absolute Gasteiger partial charge is 0.387 e. The molecule has 0 saturated heterocycles. The van der Waals surface area contributed by atoms with Crippen LogP contribution in [-0.4, -0.2) is 33.0 Å². The molecule has 1 N–H and O–H groups in total. The van der Waals surface area contributed by atoms with Crippen molar-refractivity contribution in [3.8, 4) is 17.1 Å². The molecule has 0 saturated carbocycles. The predicted octanol–water partition coefficient (Wildman–Crippen LogP) is 5.57. The Morgan fingerprint density at radius 3 is 2.64 bits per heavy atom. The van der Waals surface area contributed by atoms with Crippen LogP contribution in [-0.2, 0) is 11.3 Å². The number of nitrogens with one attached hydrogen (secondary N) is 1. The number of halogens is 3. The first-order chi connectivity index (χ1) is 16.0. The van der Waals surface area contributed by atoms with Crippen LogP contribution in [0.1, 0.15) is 5.76 Å². The van der Waals surface area contributed by atoms with E-state index in [4.69, 9.17) is 16.0 Å². The molecule has 0 radical (unpaired) electrons. The van der Waals surface area contributed by atoms with Crippen LogP contribution in [0.25, 0.3) is 11.4 Å². The molecule has 2 aromatic carbocycles. The van der Waals surface area contributed by atoms with E-state index in [0.29, 0.717) is 28.3 Å². The third-order valence-electron chi connectivity index (χ3n) is 4.42. The molecule has 0 unspecified atom stereocenters. The molecule has 170 valence electrons. The summed E-state index contributed by atoms with van der Waals surface area (Å²) in [6.45, 7) is -2.64. The van der Waals surface area contributed by atoms with E-state index < -0.39 is 12.5 Å². The average molecular weight is 491 g/mol. The normalized spacial score (nSPS) is 11.0. The minimum absolute atomic E-state index is 0.0279. The number of carbonyl (C=O) groups excluding carboxylic acids is 1. The number of para-hydroxylation sites is 2. The van der Waals surface area contributed by atoms with Gasteiger partial charge in [0.1, 0.15) is 11.5 Å². The molecule has 2 heterocycles. The lowest BCUT2D eigenvalue weighted by molar-refractivity contribution is -0.113. The van der Waals surface area contributed by atoms with Gasteiger partial charge in [0.25, 0.3) is 0 Å². The number of carbonyl (C=O) groups is 1. The van der Waals surface area contributed by atoms with Gasteiger partial charge in [0.2, 0.25) is 5.91 Å². The summed E-state index contributed by atoms with van der Waals surface area (Å²) >= 11 is 7.15. The van der Waals surface area contributed by atoms with Crippen molar-refractivity contribution in [1.29, 1.82) is 0 Å². The summed E-state index contributed by atoms with van der Waals surface area (Å²) < 4.78 is 36.9. The van der Waals surface area contributed by atoms with Gasteiger partial charge in [-0.1, -0.05) is 35.5 Å². The maximum absolute atomic E-state index is 12.6. The van der Waals surface area contributed by atoms with Crippen LogP contribution in [0.3, 0.4) is 0 Å². The number of aromatic nitrogens is 3. The summed E-state index contributed by atoms with van der Waals surface area (Å²) in [7, 11) is 0. The molecule has 0 atom stereocenters. The predicted molar refractivity (Wildman–Crippen MR) is 121 cm³/mol. The van der Waals surface area contributed by atoms with Gasteiger partial charge in [-0.15, -0.1) is 10.2 Å². The first-order valence-electron chi connectivity index (χ1n) is 9.67. The van der Waals surface area contributed by atoms with Crippen LogP contribution < -0.4 is 10.1 Å². The molecule has 0 fully saturated rings. The van der Waals surface area contributed by atoms with Crippen LogP contribution in [0.4, 0.5) is 14.5 Å². The highest BCUT2D eigenvalue weighted by Gasteiger charge is 2.18. The van der Waals surface area contributed by atoms with Gasteiger partial charge in [-0.25, -0.2) is 0 Å². The van der Waals surface area contributed by atoms with Gasteiger partial charge in [-0.05, 0) is 48.5 Å². The quantitative estimate of drug-likeness (QED) is 0.309. The van der Waals surface area contributed by atoms with Gasteiger partial charge >= 0.3 is 6.61 Å². The Balaban J connectivity index is 1.51. The number of anilines is 1. The van der Waals surface area contributed by atoms with Gasteiger partial charge in [0, 0.05) is 10.6 Å². The van der Waals surface area contributed by atoms with Crippen LogP contribution in [0.5, 0.6) is 5.75 Å². The third-order valence-corrected chi connectivity index (χ3v) is 5.64. The number of rotatable bonds is 9. The van der Waals surface area contributed by atoms with Gasteiger partial charge in [0.05, 0.1) is 24.2 Å². The number of nitrogens with zero attached hydrogens (tertiary/aromatic N) is 3. The fraction of sp³-hybridized carbons (Fsp3) is 0.136. The zero-order valence-corrected chi connectivity index (χ0v) is 18.5. The Morgan fingerprint density at radius 2 is 1.91 bits per heavy atom. The highest BCUT2D eigenvalue weighted by atomic mass is 35.5. The molecule has 4 aromatic rings. The van der Waals surface area contributed by atoms with E-state index in [2.05, 4.69) is 20.3 Å². The van der Waals surface area contributed by atoms with E-state index >= 15 is 0 Å². The number of amides is 1. The molecule has 2 aromatic heterocycles. The molecule has 0 spiro atoms. The molecule has 11 heteroatoms. The van der Waals surface area contributed by atoms with Crippen molar-refractivity contribution in [2.45, 2.75) is 18.3 Å². The lowest BCUT2D eigenvalue weighted by Crippen LogP contribution is -2.16. The van der Waals surface area contributed by atoms with Gasteiger partial charge in [-0.3, -0.25) is 9.36 Å². The van der Waals surface area contributed by atoms with Crippen molar-refractivity contribution in [2.24, 2.45) is 0 Å². The lowest BCUT2D eigenvalue weighted by atomic mass is 10.2. The Morgan fingerprint density at radius 1 is 1.12 bits per heavy atom. The fourth-order valence-corrected chi connectivity index (χ4v) is 3.86. The molecule has 33 heavy (non-hydrogen) atoms. The first kappa shape index (κ1) is 22.8. The lowest BCUT2D eigenvalue weighted by Gasteiger charge is -2.12. The summed E-state index contributed by atoms with van der Waals surface area (Å²) in [5.41, 5.74) is 0.954. The Hall–Kier alpha value is -3.37. The molecule has 7 nitrogen and oxygen atoms in total. The second kappa shape index (κ2) is 10.5. The topological polar surface area (TPSA) is 82.2 Å². The standard InChI is InChI=1S/C22H17ClF2N4O3S/c23-15-9-7-14(8-10-15)20-27-28-22(29(20)12-16-4-3-11-31-16)33-13-19(30)26-17-5-1-2-6-18(17)32-21(24)25/h1-11,21H,12-13H2,(H,26,30). The molecule has 0 aliphatic carbocycles. The minimum Gasteiger partial charge on any atom is -0.467 e. The van der Waals surface area contributed by atoms with E-state index in [1.54, 1.807) is 30.5 Å². The maximum Gasteiger partial charge on any atom is 0.387 e. The molecule has 0 bridgehead atoms. The van der Waals surface area contributed by atoms with Crippen molar-refractivity contribution in [3.05, 3.63) is 77.7 Å². The molecule has 0 aliphatic rings. The number of hydrogen-bond acceptors (Lipinski definition) is 6. The molecular formula is C22H17ClF2N4O3S. The zero-order chi connectivity index (χ0) is 23.2. The third kappa shape index (κ3) is 5.91. The number of alkyl halides is 2. The first-order valence-corrected chi connectivity index (χ1v) is 11.0. The largest absolute Gasteiger partial charge is 0.467 e. The second-order valence-corrected chi connectivity index (χ2v) is 8.07. The summed E-state index contributed by atoms with van der Waals surface area (Å²) in [6, 6.07) is 16.7. The van der Waals surface area contributed by atoms with Crippen LogP contribution in [0, 0.1) is 0 Å². The number of ether oxygens (including phenoxy) is 1. The average Bonchev–Trinajstić information content (AvgIpc) is 3.44. The van der Waals surface area contributed by atoms with Crippen molar-refractivity contribution < 1.29 is 22.7 Å². The van der Waals surface area contributed by atoms with Gasteiger partial charge < -0.3 is 14.5 Å². The van der Waals surface area contributed by atoms with Gasteiger partial charge in [-0.2, -0.15) is 8.78 Å². The summed E-state index contributed by atoms with van der Waals surface area (Å²) in [4.78, 5) is 12.5. The fourth-order valence-electron chi connectivity index (χ4n) is 2.99. The van der Waals surface area contributed by atoms with Crippen LogP contribution >= 0.6 is 23.4 Å². The maximum atomic E-state index is 12.6. The zero-order valence-electron chi connectivity index (χ0n) is 17.0. The highest BCUT2D eigenvalue weighted by molar-refractivity contribution is 7.99. The SMILES string of the molecule is O=C(CSc1nnc(-c2ccc(Cl)cc2)n1Cc1ccco1)Nc1ccccc1OC(F)F. The van der Waals surface area contributed by atoms with Crippen molar-refractivity contribution in [2.75, 3.05) is 11.1 Å². The molecular weight excluding hydrogens is 474 g/mol. The Labute approximate surface area is 196 Å². The summed E-state index contributed by atoms with van der Waals surface area (Å²) in [5, 5.41) is 12.2. The Bertz CT molecular complexity index is 1220. The molecule has 1 amide bonds. The number of benzene rings is 2. The van der Waals surface area contributed by atoms with E-state index in [9.17, 15) is 13.6 Å². The van der Waals surface area contributed by atoms with Crippen molar-refractivity contribution in [1.82, 2.24) is 14.8 Å². The number of thioether (sulfide) groups is 1.